The van der Waals surface area contributed by atoms with Crippen LogP contribution in [0.4, 0.5) is 0 Å². The number of nitrogens with one attached hydrogen (secondary N) is 1. The number of aryl methyl sites for hydroxylation is 2. The predicted octanol–water partition coefficient (Wildman–Crippen LogP) is 2.20. The van der Waals surface area contributed by atoms with Crippen LogP contribution in [0.25, 0.3) is 0 Å². The van der Waals surface area contributed by atoms with Gasteiger partial charge in [0, 0.05) is 24.7 Å². The van der Waals surface area contributed by atoms with E-state index in [-0.39, 0.29) is 18.4 Å². The summed E-state index contributed by atoms with van der Waals surface area (Å²) in [7, 11) is 0. The third-order valence-electron chi connectivity index (χ3n) is 3.84. The molecule has 0 aliphatic heterocycles. The van der Waals surface area contributed by atoms with Gasteiger partial charge in [0.15, 0.2) is 0 Å². The molecule has 0 fully saturated rings. The highest BCUT2D eigenvalue weighted by atomic mass is 16.4. The molecule has 6 heteroatoms. The van der Waals surface area contributed by atoms with Gasteiger partial charge in [-0.25, -0.2) is 0 Å². The molecule has 1 unspecified atom stereocenters. The summed E-state index contributed by atoms with van der Waals surface area (Å²) in [5.41, 5.74) is 3.18. The van der Waals surface area contributed by atoms with E-state index in [1.807, 2.05) is 39.3 Å². The van der Waals surface area contributed by atoms with Crippen molar-refractivity contribution >= 4 is 11.9 Å². The topological polar surface area (TPSA) is 84.2 Å². The fourth-order valence-electron chi connectivity index (χ4n) is 2.48. The van der Waals surface area contributed by atoms with Gasteiger partial charge in [-0.3, -0.25) is 14.3 Å². The van der Waals surface area contributed by atoms with Crippen molar-refractivity contribution < 1.29 is 14.7 Å². The van der Waals surface area contributed by atoms with Crippen LogP contribution in [0.15, 0.2) is 0 Å². The van der Waals surface area contributed by atoms with Crippen molar-refractivity contribution in [2.75, 3.05) is 0 Å². The van der Waals surface area contributed by atoms with Crippen molar-refractivity contribution in [2.45, 2.75) is 66.5 Å². The minimum Gasteiger partial charge on any atom is -0.481 e. The van der Waals surface area contributed by atoms with Gasteiger partial charge in [0.1, 0.15) is 0 Å². The molecule has 1 aromatic heterocycles. The number of amides is 1. The van der Waals surface area contributed by atoms with E-state index in [9.17, 15) is 9.59 Å². The first-order valence-electron chi connectivity index (χ1n) is 7.72. The molecule has 0 aliphatic rings. The highest BCUT2D eigenvalue weighted by Crippen LogP contribution is 2.12. The van der Waals surface area contributed by atoms with E-state index in [0.717, 1.165) is 17.0 Å². The minimum atomic E-state index is -0.889. The maximum Gasteiger partial charge on any atom is 0.305 e. The second kappa shape index (κ2) is 7.96. The first kappa shape index (κ1) is 18.2. The molecular weight excluding hydrogens is 282 g/mol. The molecule has 1 atom stereocenters. The summed E-state index contributed by atoms with van der Waals surface area (Å²) in [6.45, 7) is 10.5. The number of carboxylic acids is 1. The number of aromatic nitrogens is 2. The average molecular weight is 309 g/mol. The Bertz CT molecular complexity index is 535. The van der Waals surface area contributed by atoms with Gasteiger partial charge in [-0.05, 0) is 38.7 Å². The Kier molecular flexibility index (Phi) is 6.59. The van der Waals surface area contributed by atoms with Crippen LogP contribution in [0.3, 0.4) is 0 Å². The predicted molar refractivity (Wildman–Crippen MR) is 84.7 cm³/mol. The summed E-state index contributed by atoms with van der Waals surface area (Å²) in [6.07, 6.45) is 0.926. The molecule has 1 rings (SSSR count). The van der Waals surface area contributed by atoms with Crippen molar-refractivity contribution in [2.24, 2.45) is 5.92 Å². The number of carbonyl (C=O) groups excluding carboxylic acids is 1. The van der Waals surface area contributed by atoms with Crippen molar-refractivity contribution in [1.82, 2.24) is 15.1 Å². The number of nitrogens with zero attached hydrogens (tertiary/aromatic N) is 2. The molecule has 0 spiro atoms. The summed E-state index contributed by atoms with van der Waals surface area (Å²) in [5, 5.41) is 16.2. The Morgan fingerprint density at radius 3 is 2.36 bits per heavy atom. The summed E-state index contributed by atoms with van der Waals surface area (Å²) in [5.74, 6) is -0.680. The molecule has 6 nitrogen and oxygen atoms in total. The largest absolute Gasteiger partial charge is 0.481 e. The van der Waals surface area contributed by atoms with Gasteiger partial charge < -0.3 is 10.4 Å². The van der Waals surface area contributed by atoms with E-state index in [2.05, 4.69) is 10.4 Å². The second-order valence-electron chi connectivity index (χ2n) is 6.26. The third kappa shape index (κ3) is 5.50. The van der Waals surface area contributed by atoms with Crippen LogP contribution in [0.5, 0.6) is 0 Å². The molecule has 0 aromatic carbocycles. The fourth-order valence-corrected chi connectivity index (χ4v) is 2.48. The van der Waals surface area contributed by atoms with Crippen molar-refractivity contribution in [3.63, 3.8) is 0 Å². The molecular formula is C16H27N3O3. The van der Waals surface area contributed by atoms with Crippen LogP contribution in [0, 0.1) is 26.7 Å². The summed E-state index contributed by atoms with van der Waals surface area (Å²) in [6, 6.07) is -0.313. The molecule has 1 heterocycles. The number of carboxylic acid groups (broad SMARTS) is 1. The third-order valence-corrected chi connectivity index (χ3v) is 3.84. The van der Waals surface area contributed by atoms with Crippen molar-refractivity contribution in [1.29, 1.82) is 0 Å². The molecule has 0 bridgehead atoms. The van der Waals surface area contributed by atoms with Crippen LogP contribution >= 0.6 is 0 Å². The highest BCUT2D eigenvalue weighted by molar-refractivity contribution is 5.77. The Hall–Kier alpha value is -1.85. The zero-order valence-corrected chi connectivity index (χ0v) is 14.1. The van der Waals surface area contributed by atoms with Crippen LogP contribution < -0.4 is 5.32 Å². The van der Waals surface area contributed by atoms with E-state index in [4.69, 9.17) is 5.11 Å². The lowest BCUT2D eigenvalue weighted by Crippen LogP contribution is -2.37. The molecule has 22 heavy (non-hydrogen) atoms. The zero-order valence-electron chi connectivity index (χ0n) is 14.1. The lowest BCUT2D eigenvalue weighted by atomic mass is 10.0. The van der Waals surface area contributed by atoms with Gasteiger partial charge in [-0.1, -0.05) is 13.8 Å². The maximum atomic E-state index is 12.0. The number of rotatable bonds is 8. The zero-order chi connectivity index (χ0) is 16.9. The quantitative estimate of drug-likeness (QED) is 0.771. The van der Waals surface area contributed by atoms with E-state index in [1.165, 1.54) is 0 Å². The number of hydrogen-bond donors (Lipinski definition) is 2. The van der Waals surface area contributed by atoms with Crippen LogP contribution in [-0.2, 0) is 16.1 Å². The lowest BCUT2D eigenvalue weighted by molar-refractivity contribution is -0.137. The number of hydrogen-bond acceptors (Lipinski definition) is 3. The lowest BCUT2D eigenvalue weighted by Gasteiger charge is -2.19. The molecule has 124 valence electrons. The fraction of sp³-hybridized carbons (Fsp3) is 0.688. The van der Waals surface area contributed by atoms with Crippen molar-refractivity contribution in [3.8, 4) is 0 Å². The van der Waals surface area contributed by atoms with Gasteiger partial charge >= 0.3 is 5.97 Å². The first-order chi connectivity index (χ1) is 10.2. The SMILES string of the molecule is Cc1nn(CCC(=O)NC(CC(=O)O)CC(C)C)c(C)c1C. The van der Waals surface area contributed by atoms with E-state index >= 15 is 0 Å². The van der Waals surface area contributed by atoms with Crippen LogP contribution in [0.2, 0.25) is 0 Å². The van der Waals surface area contributed by atoms with E-state index in [0.29, 0.717) is 25.3 Å². The van der Waals surface area contributed by atoms with Crippen molar-refractivity contribution in [3.05, 3.63) is 17.0 Å². The van der Waals surface area contributed by atoms with Gasteiger partial charge in [0.2, 0.25) is 5.91 Å². The second-order valence-corrected chi connectivity index (χ2v) is 6.26. The summed E-state index contributed by atoms with van der Waals surface area (Å²) >= 11 is 0. The Morgan fingerprint density at radius 1 is 1.27 bits per heavy atom. The normalized spacial score (nSPS) is 12.5. The molecule has 0 radical (unpaired) electrons. The van der Waals surface area contributed by atoms with E-state index in [1.54, 1.807) is 0 Å². The monoisotopic (exact) mass is 309 g/mol. The molecule has 0 saturated heterocycles. The van der Waals surface area contributed by atoms with E-state index < -0.39 is 5.97 Å². The average Bonchev–Trinajstić information content (AvgIpc) is 2.62. The minimum absolute atomic E-state index is 0.0388. The first-order valence-corrected chi connectivity index (χ1v) is 7.72. The van der Waals surface area contributed by atoms with Gasteiger partial charge in [-0.15, -0.1) is 0 Å². The smallest absolute Gasteiger partial charge is 0.305 e. The maximum absolute atomic E-state index is 12.0. The molecule has 0 saturated carbocycles. The Labute approximate surface area is 131 Å². The summed E-state index contributed by atoms with van der Waals surface area (Å²) < 4.78 is 1.83. The van der Waals surface area contributed by atoms with Crippen LogP contribution in [-0.4, -0.2) is 32.8 Å². The Balaban J connectivity index is 2.56. The number of carbonyl (C=O) groups is 2. The van der Waals surface area contributed by atoms with Gasteiger partial charge in [0.25, 0.3) is 0 Å². The van der Waals surface area contributed by atoms with Gasteiger partial charge in [0.05, 0.1) is 12.1 Å². The van der Waals surface area contributed by atoms with Gasteiger partial charge in [-0.2, -0.15) is 5.10 Å². The summed E-state index contributed by atoms with van der Waals surface area (Å²) in [4.78, 5) is 22.9. The molecule has 1 amide bonds. The standard InChI is InChI=1S/C16H27N3O3/c1-10(2)8-14(9-16(21)22)17-15(20)6-7-19-13(5)11(3)12(4)18-19/h10,14H,6-9H2,1-5H3,(H,17,20)(H,21,22). The molecule has 2 N–H and O–H groups in total. The highest BCUT2D eigenvalue weighted by Gasteiger charge is 2.17. The molecule has 1 aromatic rings. The van der Waals surface area contributed by atoms with Crippen LogP contribution in [0.1, 0.15) is 50.1 Å². The number of aliphatic carboxylic acids is 1. The molecule has 0 aliphatic carbocycles. The Morgan fingerprint density at radius 2 is 1.91 bits per heavy atom.